The van der Waals surface area contributed by atoms with Gasteiger partial charge >= 0.3 is 0 Å². The van der Waals surface area contributed by atoms with Crippen molar-refractivity contribution in [2.24, 2.45) is 0 Å². The summed E-state index contributed by atoms with van der Waals surface area (Å²) in [5, 5.41) is 11.7. The number of benzene rings is 1. The second kappa shape index (κ2) is 11.4. The summed E-state index contributed by atoms with van der Waals surface area (Å²) in [6.07, 6.45) is 7.17. The zero-order valence-electron chi connectivity index (χ0n) is 23.1. The molecule has 0 aliphatic rings. The Morgan fingerprint density at radius 3 is 2.71 bits per heavy atom. The lowest BCUT2D eigenvalue weighted by atomic mass is 10.1. The molecule has 6 rings (SSSR count). The third-order valence-electron chi connectivity index (χ3n) is 6.70. The number of halogens is 1. The van der Waals surface area contributed by atoms with Crippen molar-refractivity contribution in [2.45, 2.75) is 13.5 Å². The van der Waals surface area contributed by atoms with Crippen LogP contribution in [-0.2, 0) is 6.54 Å². The molecule has 3 N–H and O–H groups in total. The minimum Gasteiger partial charge on any atom is -0.492 e. The maximum atomic E-state index is 14.6. The molecule has 41 heavy (non-hydrogen) atoms. The van der Waals surface area contributed by atoms with Gasteiger partial charge in [0.05, 0.1) is 16.6 Å². The number of ether oxygens (including phenoxy) is 1. The van der Waals surface area contributed by atoms with Crippen LogP contribution < -0.4 is 10.1 Å². The van der Waals surface area contributed by atoms with Crippen LogP contribution in [0.1, 0.15) is 12.5 Å². The van der Waals surface area contributed by atoms with Gasteiger partial charge in [-0.05, 0) is 56.5 Å². The van der Waals surface area contributed by atoms with E-state index in [9.17, 15) is 4.39 Å². The molecule has 0 radical (unpaired) electrons. The topological polar surface area (TPSA) is 121 Å². The van der Waals surface area contributed by atoms with Gasteiger partial charge in [0.1, 0.15) is 29.4 Å². The number of pyridine rings is 3. The highest BCUT2D eigenvalue weighted by Gasteiger charge is 2.18. The Bertz CT molecular complexity index is 1830. The van der Waals surface area contributed by atoms with E-state index in [0.717, 1.165) is 40.7 Å². The number of likely N-dealkylation sites (N-methyl/N-ethyl adjacent to an activating group) is 1. The van der Waals surface area contributed by atoms with Crippen LogP contribution in [0.5, 0.6) is 5.75 Å². The van der Waals surface area contributed by atoms with E-state index < -0.39 is 5.82 Å². The molecule has 11 heteroatoms. The van der Waals surface area contributed by atoms with E-state index in [1.165, 1.54) is 12.1 Å². The van der Waals surface area contributed by atoms with Gasteiger partial charge in [-0.2, -0.15) is 5.10 Å². The Kier molecular flexibility index (Phi) is 7.36. The number of aromatic amines is 2. The first-order valence-corrected chi connectivity index (χ1v) is 13.4. The molecule has 0 aliphatic carbocycles. The summed E-state index contributed by atoms with van der Waals surface area (Å²) in [6.45, 7) is 4.86. The summed E-state index contributed by atoms with van der Waals surface area (Å²) in [6, 6.07) is 10.6. The van der Waals surface area contributed by atoms with Crippen molar-refractivity contribution < 1.29 is 9.13 Å². The van der Waals surface area contributed by atoms with E-state index in [-0.39, 0.29) is 0 Å². The maximum Gasteiger partial charge on any atom is 0.159 e. The van der Waals surface area contributed by atoms with Crippen LogP contribution in [0.25, 0.3) is 56.0 Å². The quantitative estimate of drug-likeness (QED) is 0.222. The monoisotopic (exact) mass is 551 g/mol. The molecular formula is C30H30FN9O. The Hall–Kier alpha value is -4.74. The first-order chi connectivity index (χ1) is 20.0. The lowest BCUT2D eigenvalue weighted by Gasteiger charge is -2.12. The fraction of sp³-hybridized carbons (Fsp3) is 0.233. The van der Waals surface area contributed by atoms with Gasteiger partial charge in [-0.15, -0.1) is 0 Å². The van der Waals surface area contributed by atoms with E-state index in [1.54, 1.807) is 18.5 Å². The highest BCUT2D eigenvalue weighted by molar-refractivity contribution is 5.96. The molecule has 0 fully saturated rings. The first kappa shape index (κ1) is 26.5. The van der Waals surface area contributed by atoms with Crippen LogP contribution in [0, 0.1) is 5.82 Å². The number of imidazole rings is 1. The van der Waals surface area contributed by atoms with E-state index in [2.05, 4.69) is 48.4 Å². The summed E-state index contributed by atoms with van der Waals surface area (Å²) < 4.78 is 20.4. The van der Waals surface area contributed by atoms with Crippen LogP contribution in [-0.4, -0.2) is 73.8 Å². The Morgan fingerprint density at radius 2 is 1.85 bits per heavy atom. The van der Waals surface area contributed by atoms with Crippen molar-refractivity contribution in [2.75, 3.05) is 33.8 Å². The predicted octanol–water partition coefficient (Wildman–Crippen LogP) is 4.81. The number of H-pyrrole nitrogens is 2. The third-order valence-corrected chi connectivity index (χ3v) is 6.70. The molecule has 0 atom stereocenters. The number of fused-ring (bicyclic) bond motifs is 2. The summed E-state index contributed by atoms with van der Waals surface area (Å²) in [4.78, 5) is 23.8. The van der Waals surface area contributed by atoms with Gasteiger partial charge in [0, 0.05) is 60.6 Å². The average molecular weight is 552 g/mol. The third kappa shape index (κ3) is 5.63. The molecule has 5 heterocycles. The summed E-state index contributed by atoms with van der Waals surface area (Å²) >= 11 is 0. The van der Waals surface area contributed by atoms with E-state index in [1.807, 2.05) is 43.5 Å². The van der Waals surface area contributed by atoms with Crippen LogP contribution in [0.2, 0.25) is 0 Å². The zero-order chi connectivity index (χ0) is 28.3. The first-order valence-electron chi connectivity index (χ1n) is 13.4. The molecule has 0 saturated carbocycles. The minimum absolute atomic E-state index is 0.405. The largest absolute Gasteiger partial charge is 0.492 e. The van der Waals surface area contributed by atoms with Gasteiger partial charge < -0.3 is 19.9 Å². The smallest absolute Gasteiger partial charge is 0.159 e. The van der Waals surface area contributed by atoms with Gasteiger partial charge in [0.2, 0.25) is 0 Å². The molecule has 5 aromatic heterocycles. The molecule has 6 aromatic rings. The molecule has 0 spiro atoms. The number of aromatic nitrogens is 7. The number of hydrogen-bond donors (Lipinski definition) is 3. The van der Waals surface area contributed by atoms with E-state index in [4.69, 9.17) is 9.72 Å². The standard InChI is InChI=1S/C30H30FN9O/c1-4-32-14-18-9-20(16-33-15-18)21-12-24-27(38-39-29(24)35-17-21)30-36-25-5-6-34-26(28(25)37-30)19-10-22(31)13-23(11-19)41-8-7-40(2)3/h5-6,9-13,15-17,32H,4,7-8,14H2,1-3H3,(H,36,37)(H,35,38,39). The van der Waals surface area contributed by atoms with Gasteiger partial charge in [-0.3, -0.25) is 15.1 Å². The number of nitrogens with zero attached hydrogens (tertiary/aromatic N) is 6. The number of hydrogen-bond acceptors (Lipinski definition) is 8. The van der Waals surface area contributed by atoms with E-state index in [0.29, 0.717) is 52.8 Å². The van der Waals surface area contributed by atoms with Crippen LogP contribution in [0.15, 0.2) is 61.2 Å². The Labute approximate surface area is 236 Å². The second-order valence-corrected chi connectivity index (χ2v) is 10.0. The van der Waals surface area contributed by atoms with Gasteiger partial charge in [-0.1, -0.05) is 6.92 Å². The van der Waals surface area contributed by atoms with Crippen molar-refractivity contribution in [3.63, 3.8) is 0 Å². The fourth-order valence-electron chi connectivity index (χ4n) is 4.64. The SMILES string of the molecule is CCNCc1cncc(-c2cnc3[nH]nc(-c4nc5c(-c6cc(F)cc(OCCN(C)C)c6)nccc5[nH]4)c3c2)c1. The molecule has 0 unspecified atom stereocenters. The molecular weight excluding hydrogens is 521 g/mol. The molecule has 0 aliphatic heterocycles. The molecule has 10 nitrogen and oxygen atoms in total. The van der Waals surface area contributed by atoms with Crippen LogP contribution >= 0.6 is 0 Å². The van der Waals surface area contributed by atoms with Gasteiger partial charge in [0.25, 0.3) is 0 Å². The number of rotatable bonds is 10. The molecule has 0 saturated heterocycles. The van der Waals surface area contributed by atoms with Gasteiger partial charge in [0.15, 0.2) is 11.5 Å². The molecule has 208 valence electrons. The van der Waals surface area contributed by atoms with Crippen molar-refractivity contribution in [1.29, 1.82) is 0 Å². The van der Waals surface area contributed by atoms with Crippen LogP contribution in [0.4, 0.5) is 4.39 Å². The summed E-state index contributed by atoms with van der Waals surface area (Å²) in [5.41, 5.74) is 6.73. The summed E-state index contributed by atoms with van der Waals surface area (Å²) in [5.74, 6) is 0.590. The minimum atomic E-state index is -0.405. The Balaban J connectivity index is 1.37. The van der Waals surface area contributed by atoms with Crippen molar-refractivity contribution in [1.82, 2.24) is 45.3 Å². The molecule has 1 aromatic carbocycles. The predicted molar refractivity (Wildman–Crippen MR) is 157 cm³/mol. The van der Waals surface area contributed by atoms with Crippen molar-refractivity contribution in [3.8, 4) is 39.7 Å². The summed E-state index contributed by atoms with van der Waals surface area (Å²) in [7, 11) is 3.92. The molecule has 0 amide bonds. The normalized spacial score (nSPS) is 11.6. The average Bonchev–Trinajstić information content (AvgIpc) is 3.59. The fourth-order valence-corrected chi connectivity index (χ4v) is 4.64. The highest BCUT2D eigenvalue weighted by atomic mass is 19.1. The highest BCUT2D eigenvalue weighted by Crippen LogP contribution is 2.33. The lowest BCUT2D eigenvalue weighted by Crippen LogP contribution is -2.19. The van der Waals surface area contributed by atoms with Crippen LogP contribution in [0.3, 0.4) is 0 Å². The second-order valence-electron chi connectivity index (χ2n) is 10.0. The van der Waals surface area contributed by atoms with E-state index >= 15 is 0 Å². The number of nitrogens with one attached hydrogen (secondary N) is 3. The Morgan fingerprint density at radius 1 is 0.976 bits per heavy atom. The van der Waals surface area contributed by atoms with Crippen molar-refractivity contribution >= 4 is 22.1 Å². The maximum absolute atomic E-state index is 14.6. The van der Waals surface area contributed by atoms with Crippen molar-refractivity contribution in [3.05, 3.63) is 72.6 Å². The lowest BCUT2D eigenvalue weighted by molar-refractivity contribution is 0.260. The van der Waals surface area contributed by atoms with Gasteiger partial charge in [-0.25, -0.2) is 14.4 Å². The zero-order valence-corrected chi connectivity index (χ0v) is 23.1. The molecule has 0 bridgehead atoms.